The lowest BCUT2D eigenvalue weighted by atomic mass is 10.1. The first-order chi connectivity index (χ1) is 8.93. The Labute approximate surface area is 108 Å². The number of hydrogen-bond donors (Lipinski definition) is 0. The molecule has 1 fully saturated rings. The SMILES string of the molecule is c1ccc2c(c1)[pH]c1cccc(N3CCCC3)c12. The first-order valence-electron chi connectivity index (χ1n) is 6.68. The van der Waals surface area contributed by atoms with Crippen LogP contribution in [-0.4, -0.2) is 13.1 Å². The van der Waals surface area contributed by atoms with Crippen LogP contribution in [0.25, 0.3) is 21.0 Å². The number of fused-ring (bicyclic) bond motifs is 3. The van der Waals surface area contributed by atoms with Crippen LogP contribution >= 0.6 is 8.19 Å². The summed E-state index contributed by atoms with van der Waals surface area (Å²) in [5, 5.41) is 6.02. The summed E-state index contributed by atoms with van der Waals surface area (Å²) >= 11 is 0. The molecule has 0 N–H and O–H groups in total. The number of nitrogens with zero attached hydrogens (tertiary/aromatic N) is 1. The maximum Gasteiger partial charge on any atom is 0.0455 e. The normalized spacial score (nSPS) is 16.3. The highest BCUT2D eigenvalue weighted by atomic mass is 31.0. The van der Waals surface area contributed by atoms with Crippen LogP contribution in [0.4, 0.5) is 5.69 Å². The van der Waals surface area contributed by atoms with Gasteiger partial charge < -0.3 is 4.90 Å². The van der Waals surface area contributed by atoms with Crippen LogP contribution in [0.3, 0.4) is 0 Å². The zero-order chi connectivity index (χ0) is 11.9. The van der Waals surface area contributed by atoms with E-state index in [-0.39, 0.29) is 0 Å². The molecule has 18 heavy (non-hydrogen) atoms. The summed E-state index contributed by atoms with van der Waals surface area (Å²) in [7, 11) is 0.836. The van der Waals surface area contributed by atoms with Gasteiger partial charge in [0.05, 0.1) is 0 Å². The summed E-state index contributed by atoms with van der Waals surface area (Å²) in [5.41, 5.74) is 1.46. The minimum atomic E-state index is 0.836. The average Bonchev–Trinajstić information content (AvgIpc) is 3.05. The van der Waals surface area contributed by atoms with Crippen molar-refractivity contribution in [3.63, 3.8) is 0 Å². The lowest BCUT2D eigenvalue weighted by Gasteiger charge is -2.19. The Kier molecular flexibility index (Phi) is 2.34. The van der Waals surface area contributed by atoms with Crippen LogP contribution in [0, 0.1) is 0 Å². The van der Waals surface area contributed by atoms with Crippen molar-refractivity contribution in [3.05, 3.63) is 42.5 Å². The van der Waals surface area contributed by atoms with E-state index >= 15 is 0 Å². The van der Waals surface area contributed by atoms with Gasteiger partial charge in [0, 0.05) is 29.3 Å². The van der Waals surface area contributed by atoms with E-state index in [0.29, 0.717) is 0 Å². The van der Waals surface area contributed by atoms with Crippen LogP contribution in [0.2, 0.25) is 0 Å². The van der Waals surface area contributed by atoms with Crippen LogP contribution in [-0.2, 0) is 0 Å². The molecule has 0 radical (unpaired) electrons. The molecule has 1 saturated heterocycles. The van der Waals surface area contributed by atoms with E-state index in [2.05, 4.69) is 47.4 Å². The Balaban J connectivity index is 2.06. The third kappa shape index (κ3) is 1.47. The van der Waals surface area contributed by atoms with Crippen LogP contribution in [0.5, 0.6) is 0 Å². The van der Waals surface area contributed by atoms with Gasteiger partial charge in [-0.3, -0.25) is 0 Å². The third-order valence-corrected chi connectivity index (χ3v) is 5.35. The monoisotopic (exact) mass is 253 g/mol. The summed E-state index contributed by atoms with van der Waals surface area (Å²) in [4.78, 5) is 2.56. The Morgan fingerprint density at radius 2 is 1.61 bits per heavy atom. The average molecular weight is 253 g/mol. The number of benzene rings is 2. The van der Waals surface area contributed by atoms with Gasteiger partial charge in [-0.1, -0.05) is 36.4 Å². The second-order valence-corrected chi connectivity index (χ2v) is 6.39. The molecule has 0 aliphatic carbocycles. The van der Waals surface area contributed by atoms with E-state index in [1.54, 1.807) is 0 Å². The van der Waals surface area contributed by atoms with Gasteiger partial charge in [-0.05, 0) is 29.4 Å². The molecule has 3 aromatic rings. The third-order valence-electron chi connectivity index (χ3n) is 3.95. The Hall–Kier alpha value is -1.46. The molecule has 4 rings (SSSR count). The standard InChI is InChI=1S/C16H16NP/c1-2-8-14-12(6-1)16-13(17-10-3-4-11-17)7-5-9-15(16)18-14/h1-2,5-9,18H,3-4,10-11H2. The molecule has 0 bridgehead atoms. The van der Waals surface area contributed by atoms with Gasteiger partial charge in [-0.25, -0.2) is 0 Å². The Bertz CT molecular complexity index is 707. The summed E-state index contributed by atoms with van der Waals surface area (Å²) in [6, 6.07) is 15.7. The van der Waals surface area contributed by atoms with Crippen molar-refractivity contribution in [1.82, 2.24) is 0 Å². The lowest BCUT2D eigenvalue weighted by Crippen LogP contribution is -2.17. The molecule has 1 nitrogen and oxygen atoms in total. The van der Waals surface area contributed by atoms with E-state index in [9.17, 15) is 0 Å². The van der Waals surface area contributed by atoms with E-state index < -0.39 is 0 Å². The highest BCUT2D eigenvalue weighted by Gasteiger charge is 2.16. The first kappa shape index (κ1) is 10.5. The van der Waals surface area contributed by atoms with Crippen molar-refractivity contribution in [3.8, 4) is 0 Å². The second-order valence-electron chi connectivity index (χ2n) is 5.06. The second kappa shape index (κ2) is 4.03. The minimum absolute atomic E-state index is 0.836. The van der Waals surface area contributed by atoms with Crippen molar-refractivity contribution in [2.45, 2.75) is 12.8 Å². The van der Waals surface area contributed by atoms with Gasteiger partial charge in [0.25, 0.3) is 0 Å². The quantitative estimate of drug-likeness (QED) is 0.611. The fourth-order valence-corrected chi connectivity index (χ4v) is 4.48. The Morgan fingerprint density at radius 1 is 0.833 bits per heavy atom. The maximum absolute atomic E-state index is 2.56. The van der Waals surface area contributed by atoms with E-state index in [4.69, 9.17) is 0 Å². The Morgan fingerprint density at radius 3 is 2.50 bits per heavy atom. The van der Waals surface area contributed by atoms with Crippen molar-refractivity contribution >= 4 is 34.9 Å². The minimum Gasteiger partial charge on any atom is -0.371 e. The number of rotatable bonds is 1. The molecular weight excluding hydrogens is 237 g/mol. The fraction of sp³-hybridized carbons (Fsp3) is 0.250. The molecule has 1 unspecified atom stereocenters. The molecule has 0 spiro atoms. The number of anilines is 1. The first-order valence-corrected chi connectivity index (χ1v) is 7.68. The molecule has 2 heteroatoms. The maximum atomic E-state index is 2.56. The molecule has 0 amide bonds. The molecule has 0 saturated carbocycles. The van der Waals surface area contributed by atoms with E-state index in [1.165, 1.54) is 52.6 Å². The summed E-state index contributed by atoms with van der Waals surface area (Å²) in [5.74, 6) is 0. The van der Waals surface area contributed by atoms with Crippen LogP contribution in [0.15, 0.2) is 42.5 Å². The van der Waals surface area contributed by atoms with Crippen molar-refractivity contribution in [2.75, 3.05) is 18.0 Å². The zero-order valence-corrected chi connectivity index (χ0v) is 11.3. The predicted molar refractivity (Wildman–Crippen MR) is 82.4 cm³/mol. The van der Waals surface area contributed by atoms with Gasteiger partial charge in [-0.15, -0.1) is 8.19 Å². The van der Waals surface area contributed by atoms with E-state index in [1.807, 2.05) is 0 Å². The smallest absolute Gasteiger partial charge is 0.0455 e. The highest BCUT2D eigenvalue weighted by Crippen LogP contribution is 2.42. The van der Waals surface area contributed by atoms with Crippen LogP contribution < -0.4 is 4.90 Å². The number of hydrogen-bond acceptors (Lipinski definition) is 1. The summed E-state index contributed by atoms with van der Waals surface area (Å²) < 4.78 is 0. The van der Waals surface area contributed by atoms with Gasteiger partial charge in [0.2, 0.25) is 0 Å². The molecule has 1 aliphatic heterocycles. The lowest BCUT2D eigenvalue weighted by molar-refractivity contribution is 0.949. The molecule has 2 aromatic carbocycles. The molecule has 1 aromatic heterocycles. The molecule has 90 valence electrons. The summed E-state index contributed by atoms with van der Waals surface area (Å²) in [6.45, 7) is 2.45. The van der Waals surface area contributed by atoms with Crippen molar-refractivity contribution < 1.29 is 0 Å². The van der Waals surface area contributed by atoms with Gasteiger partial charge in [0.1, 0.15) is 0 Å². The molecule has 2 heterocycles. The highest BCUT2D eigenvalue weighted by molar-refractivity contribution is 7.44. The molecule has 1 atom stereocenters. The van der Waals surface area contributed by atoms with Gasteiger partial charge in [-0.2, -0.15) is 0 Å². The molecular formula is C16H16NP. The van der Waals surface area contributed by atoms with Crippen molar-refractivity contribution in [1.29, 1.82) is 0 Å². The van der Waals surface area contributed by atoms with E-state index in [0.717, 1.165) is 8.19 Å². The van der Waals surface area contributed by atoms with Crippen LogP contribution in [0.1, 0.15) is 12.8 Å². The van der Waals surface area contributed by atoms with Gasteiger partial charge >= 0.3 is 0 Å². The van der Waals surface area contributed by atoms with Gasteiger partial charge in [0.15, 0.2) is 0 Å². The topological polar surface area (TPSA) is 3.24 Å². The fourth-order valence-electron chi connectivity index (χ4n) is 3.10. The van der Waals surface area contributed by atoms with Crippen molar-refractivity contribution in [2.24, 2.45) is 0 Å². The molecule has 1 aliphatic rings. The predicted octanol–water partition coefficient (Wildman–Crippen LogP) is 4.62. The summed E-state index contributed by atoms with van der Waals surface area (Å²) in [6.07, 6.45) is 2.68. The largest absolute Gasteiger partial charge is 0.371 e. The zero-order valence-electron chi connectivity index (χ0n) is 10.3.